The summed E-state index contributed by atoms with van der Waals surface area (Å²) in [5.41, 5.74) is 3.48. The molecule has 1 aliphatic heterocycles. The zero-order chi connectivity index (χ0) is 14.7. The average Bonchev–Trinajstić information content (AvgIpc) is 2.53. The highest BCUT2D eigenvalue weighted by atomic mass is 79.9. The van der Waals surface area contributed by atoms with Gasteiger partial charge in [-0.15, -0.1) is 0 Å². The number of nitrogens with one attached hydrogen (secondary N) is 1. The second-order valence-electron chi connectivity index (χ2n) is 5.15. The number of nitrogens with zero attached hydrogens (tertiary/aromatic N) is 1. The Balaban J connectivity index is 2.08. The SMILES string of the molecule is CCNC(c1cccc2c1OCCC2)c1ncccc1Br. The lowest BCUT2D eigenvalue weighted by molar-refractivity contribution is 0.283. The lowest BCUT2D eigenvalue weighted by atomic mass is 9.96. The Hall–Kier alpha value is -1.39. The largest absolute Gasteiger partial charge is 0.493 e. The summed E-state index contributed by atoms with van der Waals surface area (Å²) >= 11 is 3.62. The number of hydrogen-bond donors (Lipinski definition) is 1. The van der Waals surface area contributed by atoms with Gasteiger partial charge in [0, 0.05) is 16.2 Å². The number of aromatic nitrogens is 1. The molecule has 3 nitrogen and oxygen atoms in total. The molecule has 1 unspecified atom stereocenters. The minimum atomic E-state index is 0.0404. The predicted octanol–water partition coefficient (Wildman–Crippen LogP) is 3.87. The summed E-state index contributed by atoms with van der Waals surface area (Å²) in [5.74, 6) is 1.03. The molecule has 0 aliphatic carbocycles. The fourth-order valence-corrected chi connectivity index (χ4v) is 3.29. The van der Waals surface area contributed by atoms with Gasteiger partial charge in [-0.05, 0) is 53.0 Å². The molecule has 2 heterocycles. The van der Waals surface area contributed by atoms with Gasteiger partial charge in [0.1, 0.15) is 5.75 Å². The first-order valence-electron chi connectivity index (χ1n) is 7.39. The van der Waals surface area contributed by atoms with Crippen molar-refractivity contribution in [3.63, 3.8) is 0 Å². The van der Waals surface area contributed by atoms with Crippen LogP contribution >= 0.6 is 15.9 Å². The first-order valence-corrected chi connectivity index (χ1v) is 8.19. The van der Waals surface area contributed by atoms with Gasteiger partial charge >= 0.3 is 0 Å². The van der Waals surface area contributed by atoms with E-state index in [4.69, 9.17) is 4.74 Å². The van der Waals surface area contributed by atoms with Gasteiger partial charge in [0.25, 0.3) is 0 Å². The standard InChI is InChI=1S/C17H19BrN2O/c1-2-19-15(16-14(18)9-4-10-20-16)13-8-3-6-12-7-5-11-21-17(12)13/h3-4,6,8-10,15,19H,2,5,7,11H2,1H3. The summed E-state index contributed by atoms with van der Waals surface area (Å²) < 4.78 is 6.98. The van der Waals surface area contributed by atoms with E-state index in [0.29, 0.717) is 0 Å². The molecule has 0 spiro atoms. The maximum absolute atomic E-state index is 5.96. The van der Waals surface area contributed by atoms with Gasteiger partial charge in [-0.3, -0.25) is 4.98 Å². The highest BCUT2D eigenvalue weighted by molar-refractivity contribution is 9.10. The summed E-state index contributed by atoms with van der Waals surface area (Å²) in [5, 5.41) is 3.53. The molecule has 1 aliphatic rings. The smallest absolute Gasteiger partial charge is 0.127 e. The molecule has 0 radical (unpaired) electrons. The fraction of sp³-hybridized carbons (Fsp3) is 0.353. The van der Waals surface area contributed by atoms with E-state index in [1.165, 1.54) is 11.1 Å². The van der Waals surface area contributed by atoms with Crippen molar-refractivity contribution in [1.82, 2.24) is 10.3 Å². The molecular formula is C17H19BrN2O. The van der Waals surface area contributed by atoms with Crippen LogP contribution in [0.1, 0.15) is 36.2 Å². The Kier molecular flexibility index (Phi) is 4.56. The summed E-state index contributed by atoms with van der Waals surface area (Å²) in [7, 11) is 0. The van der Waals surface area contributed by atoms with Crippen LogP contribution in [0.15, 0.2) is 41.0 Å². The van der Waals surface area contributed by atoms with E-state index >= 15 is 0 Å². The number of fused-ring (bicyclic) bond motifs is 1. The van der Waals surface area contributed by atoms with Crippen LogP contribution in [0.4, 0.5) is 0 Å². The van der Waals surface area contributed by atoms with E-state index in [-0.39, 0.29) is 6.04 Å². The third-order valence-electron chi connectivity index (χ3n) is 3.74. The minimum absolute atomic E-state index is 0.0404. The van der Waals surface area contributed by atoms with Crippen LogP contribution in [-0.4, -0.2) is 18.1 Å². The molecule has 0 saturated carbocycles. The molecule has 1 aromatic carbocycles. The summed E-state index contributed by atoms with van der Waals surface area (Å²) in [6, 6.07) is 10.4. The van der Waals surface area contributed by atoms with Crippen molar-refractivity contribution < 1.29 is 4.74 Å². The average molecular weight is 347 g/mol. The molecule has 110 valence electrons. The number of halogens is 1. The Bertz CT molecular complexity index is 630. The van der Waals surface area contributed by atoms with Crippen LogP contribution in [0.5, 0.6) is 5.75 Å². The van der Waals surface area contributed by atoms with E-state index in [1.807, 2.05) is 18.3 Å². The molecule has 0 amide bonds. The molecule has 0 saturated heterocycles. The lowest BCUT2D eigenvalue weighted by Crippen LogP contribution is -2.25. The highest BCUT2D eigenvalue weighted by Crippen LogP contribution is 2.36. The third kappa shape index (κ3) is 2.97. The number of benzene rings is 1. The van der Waals surface area contributed by atoms with Crippen molar-refractivity contribution in [3.8, 4) is 5.75 Å². The monoisotopic (exact) mass is 346 g/mol. The number of rotatable bonds is 4. The normalized spacial score (nSPS) is 15.1. The van der Waals surface area contributed by atoms with Crippen LogP contribution in [0.3, 0.4) is 0 Å². The molecule has 2 aromatic rings. The fourth-order valence-electron chi connectivity index (χ4n) is 2.81. The number of hydrogen-bond acceptors (Lipinski definition) is 3. The maximum atomic E-state index is 5.96. The second-order valence-corrected chi connectivity index (χ2v) is 6.00. The van der Waals surface area contributed by atoms with Gasteiger partial charge in [0.05, 0.1) is 18.3 Å². The molecule has 1 aromatic heterocycles. The molecule has 0 bridgehead atoms. The van der Waals surface area contributed by atoms with Crippen LogP contribution in [0.25, 0.3) is 0 Å². The van der Waals surface area contributed by atoms with Crippen molar-refractivity contribution in [2.24, 2.45) is 0 Å². The van der Waals surface area contributed by atoms with Crippen LogP contribution in [-0.2, 0) is 6.42 Å². The van der Waals surface area contributed by atoms with Gasteiger partial charge in [-0.25, -0.2) is 0 Å². The second kappa shape index (κ2) is 6.58. The van der Waals surface area contributed by atoms with Gasteiger partial charge in [0.2, 0.25) is 0 Å². The molecule has 1 atom stereocenters. The van der Waals surface area contributed by atoms with Crippen LogP contribution in [0, 0.1) is 0 Å². The molecule has 4 heteroatoms. The highest BCUT2D eigenvalue weighted by Gasteiger charge is 2.24. The summed E-state index contributed by atoms with van der Waals surface area (Å²) in [4.78, 5) is 4.56. The number of pyridine rings is 1. The van der Waals surface area contributed by atoms with E-state index in [2.05, 4.69) is 51.4 Å². The quantitative estimate of drug-likeness (QED) is 0.912. The topological polar surface area (TPSA) is 34.1 Å². The minimum Gasteiger partial charge on any atom is -0.493 e. The first kappa shape index (κ1) is 14.5. The molecule has 1 N–H and O–H groups in total. The Labute approximate surface area is 133 Å². The number of aryl methyl sites for hydroxylation is 1. The Morgan fingerprint density at radius 2 is 2.24 bits per heavy atom. The van der Waals surface area contributed by atoms with Crippen LogP contribution in [0.2, 0.25) is 0 Å². The van der Waals surface area contributed by atoms with Gasteiger partial charge < -0.3 is 10.1 Å². The van der Waals surface area contributed by atoms with Crippen molar-refractivity contribution in [2.45, 2.75) is 25.8 Å². The zero-order valence-corrected chi connectivity index (χ0v) is 13.7. The summed E-state index contributed by atoms with van der Waals surface area (Å²) in [6.07, 6.45) is 4.02. The Morgan fingerprint density at radius 1 is 1.33 bits per heavy atom. The van der Waals surface area contributed by atoms with Gasteiger partial charge in [-0.2, -0.15) is 0 Å². The van der Waals surface area contributed by atoms with E-state index in [9.17, 15) is 0 Å². The van der Waals surface area contributed by atoms with Crippen molar-refractivity contribution in [1.29, 1.82) is 0 Å². The maximum Gasteiger partial charge on any atom is 0.127 e. The first-order chi connectivity index (χ1) is 10.3. The van der Waals surface area contributed by atoms with E-state index in [1.54, 1.807) is 0 Å². The van der Waals surface area contributed by atoms with Gasteiger partial charge in [0.15, 0.2) is 0 Å². The molecule has 0 fully saturated rings. The molecule has 21 heavy (non-hydrogen) atoms. The Morgan fingerprint density at radius 3 is 3.05 bits per heavy atom. The van der Waals surface area contributed by atoms with Crippen molar-refractivity contribution >= 4 is 15.9 Å². The predicted molar refractivity (Wildman–Crippen MR) is 87.7 cm³/mol. The third-order valence-corrected chi connectivity index (χ3v) is 4.41. The molecule has 3 rings (SSSR count). The summed E-state index contributed by atoms with van der Waals surface area (Å²) in [6.45, 7) is 3.78. The molecular weight excluding hydrogens is 328 g/mol. The number of para-hydroxylation sites is 1. The van der Waals surface area contributed by atoms with Gasteiger partial charge in [-0.1, -0.05) is 25.1 Å². The van der Waals surface area contributed by atoms with E-state index in [0.717, 1.165) is 41.9 Å². The zero-order valence-electron chi connectivity index (χ0n) is 12.1. The number of ether oxygens (including phenoxy) is 1. The van der Waals surface area contributed by atoms with Crippen molar-refractivity contribution in [2.75, 3.05) is 13.2 Å². The van der Waals surface area contributed by atoms with E-state index < -0.39 is 0 Å². The van der Waals surface area contributed by atoms with Crippen LogP contribution < -0.4 is 10.1 Å². The lowest BCUT2D eigenvalue weighted by Gasteiger charge is -2.26. The van der Waals surface area contributed by atoms with Crippen molar-refractivity contribution in [3.05, 3.63) is 57.8 Å².